The molecule has 1 atom stereocenters. The maximum atomic E-state index is 13.5. The zero-order valence-electron chi connectivity index (χ0n) is 22.7. The Labute approximate surface area is 245 Å². The van der Waals surface area contributed by atoms with Crippen molar-refractivity contribution in [1.29, 1.82) is 0 Å². The summed E-state index contributed by atoms with van der Waals surface area (Å²) in [6.07, 6.45) is 6.73. The first kappa shape index (κ1) is 31.2. The predicted octanol–water partition coefficient (Wildman–Crippen LogP) is 5.52. The molecular weight excluding hydrogens is 606 g/mol. The molecule has 2 amide bonds. The van der Waals surface area contributed by atoms with E-state index in [1.807, 2.05) is 24.3 Å². The van der Waals surface area contributed by atoms with Crippen LogP contribution in [0.3, 0.4) is 0 Å². The molecular formula is C28H37BrClN3O5S. The van der Waals surface area contributed by atoms with Gasteiger partial charge >= 0.3 is 0 Å². The minimum absolute atomic E-state index is 0.0744. The second kappa shape index (κ2) is 14.4. The predicted molar refractivity (Wildman–Crippen MR) is 159 cm³/mol. The second-order valence-corrected chi connectivity index (χ2v) is 13.2. The fourth-order valence-electron chi connectivity index (χ4n) is 4.80. The highest BCUT2D eigenvalue weighted by molar-refractivity contribution is 9.10. The largest absolute Gasteiger partial charge is 0.495 e. The molecule has 214 valence electrons. The number of carbonyl (C=O) groups excluding carboxylic acids is 2. The summed E-state index contributed by atoms with van der Waals surface area (Å²) in [6, 6.07) is 11.8. The molecule has 2 aromatic carbocycles. The molecule has 2 aromatic rings. The molecule has 0 aliphatic heterocycles. The number of carbonyl (C=O) groups is 2. The third kappa shape index (κ3) is 9.11. The summed E-state index contributed by atoms with van der Waals surface area (Å²) in [5.74, 6) is 0.0473. The van der Waals surface area contributed by atoms with Crippen LogP contribution in [-0.2, 0) is 26.2 Å². The van der Waals surface area contributed by atoms with Gasteiger partial charge < -0.3 is 15.0 Å². The van der Waals surface area contributed by atoms with Gasteiger partial charge in [-0.1, -0.05) is 58.9 Å². The van der Waals surface area contributed by atoms with Crippen LogP contribution >= 0.6 is 27.5 Å². The van der Waals surface area contributed by atoms with Crippen LogP contribution < -0.4 is 14.4 Å². The Morgan fingerprint density at radius 1 is 1.15 bits per heavy atom. The average molecular weight is 643 g/mol. The van der Waals surface area contributed by atoms with Crippen LogP contribution in [0.25, 0.3) is 0 Å². The normalized spacial score (nSPS) is 14.9. The van der Waals surface area contributed by atoms with Gasteiger partial charge in [-0.2, -0.15) is 0 Å². The van der Waals surface area contributed by atoms with Gasteiger partial charge in [0.1, 0.15) is 11.8 Å². The maximum Gasteiger partial charge on any atom is 0.242 e. The summed E-state index contributed by atoms with van der Waals surface area (Å²) in [4.78, 5) is 28.3. The van der Waals surface area contributed by atoms with Crippen LogP contribution in [0.1, 0.15) is 57.4 Å². The number of benzene rings is 2. The van der Waals surface area contributed by atoms with E-state index in [0.29, 0.717) is 11.4 Å². The van der Waals surface area contributed by atoms with E-state index in [-0.39, 0.29) is 48.8 Å². The fourth-order valence-corrected chi connectivity index (χ4v) is 6.45. The Morgan fingerprint density at radius 2 is 1.87 bits per heavy atom. The molecule has 1 N–H and O–H groups in total. The number of hydrogen-bond acceptors (Lipinski definition) is 5. The lowest BCUT2D eigenvalue weighted by molar-refractivity contribution is -0.141. The monoisotopic (exact) mass is 641 g/mol. The molecule has 1 saturated carbocycles. The molecule has 0 bridgehead atoms. The van der Waals surface area contributed by atoms with Crippen LogP contribution in [-0.4, -0.2) is 57.1 Å². The Kier molecular flexibility index (Phi) is 11.5. The summed E-state index contributed by atoms with van der Waals surface area (Å²) in [6.45, 7) is 2.10. The summed E-state index contributed by atoms with van der Waals surface area (Å²) in [5, 5.41) is 3.42. The van der Waals surface area contributed by atoms with Crippen molar-refractivity contribution in [1.82, 2.24) is 10.2 Å². The van der Waals surface area contributed by atoms with Crippen LogP contribution in [0.5, 0.6) is 5.75 Å². The van der Waals surface area contributed by atoms with Crippen molar-refractivity contribution in [2.75, 3.05) is 24.2 Å². The number of sulfonamides is 1. The molecule has 1 aliphatic rings. The Morgan fingerprint density at radius 3 is 2.49 bits per heavy atom. The molecule has 39 heavy (non-hydrogen) atoms. The third-order valence-corrected chi connectivity index (χ3v) is 8.92. The van der Waals surface area contributed by atoms with E-state index in [4.69, 9.17) is 16.3 Å². The van der Waals surface area contributed by atoms with Gasteiger partial charge in [0.2, 0.25) is 21.8 Å². The molecule has 1 aliphatic carbocycles. The van der Waals surface area contributed by atoms with Crippen LogP contribution in [0.15, 0.2) is 46.9 Å². The Bertz CT molecular complexity index is 1250. The minimum atomic E-state index is -3.63. The van der Waals surface area contributed by atoms with Crippen molar-refractivity contribution in [3.8, 4) is 5.75 Å². The SMILES string of the molecule is COc1ccc(N(CCCC(=O)N(Cc2cccc(Br)c2)[C@@H](C)C(=O)NC2CCCCC2)S(C)(=O)=O)cc1Cl. The Balaban J connectivity index is 1.73. The van der Waals surface area contributed by atoms with Gasteiger partial charge in [-0.05, 0) is 62.1 Å². The average Bonchev–Trinajstić information content (AvgIpc) is 2.89. The molecule has 0 saturated heterocycles. The number of methoxy groups -OCH3 is 1. The van der Waals surface area contributed by atoms with Crippen molar-refractivity contribution in [3.05, 3.63) is 57.5 Å². The third-order valence-electron chi connectivity index (χ3n) is 6.94. The van der Waals surface area contributed by atoms with Crippen LogP contribution in [0, 0.1) is 0 Å². The number of hydrogen-bond donors (Lipinski definition) is 1. The van der Waals surface area contributed by atoms with Gasteiger partial charge in [0.25, 0.3) is 0 Å². The number of rotatable bonds is 12. The fraction of sp³-hybridized carbons (Fsp3) is 0.500. The summed E-state index contributed by atoms with van der Waals surface area (Å²) in [7, 11) is -2.15. The maximum absolute atomic E-state index is 13.5. The van der Waals surface area contributed by atoms with Gasteiger partial charge in [-0.15, -0.1) is 0 Å². The number of anilines is 1. The van der Waals surface area contributed by atoms with Gasteiger partial charge in [-0.25, -0.2) is 8.42 Å². The lowest BCUT2D eigenvalue weighted by atomic mass is 9.95. The van der Waals surface area contributed by atoms with E-state index < -0.39 is 16.1 Å². The van der Waals surface area contributed by atoms with Gasteiger partial charge in [0.05, 0.1) is 24.1 Å². The number of ether oxygens (including phenoxy) is 1. The first-order valence-corrected chi connectivity index (χ1v) is 16.2. The highest BCUT2D eigenvalue weighted by Crippen LogP contribution is 2.30. The number of nitrogens with zero attached hydrogens (tertiary/aromatic N) is 2. The number of amides is 2. The van der Waals surface area contributed by atoms with Crippen molar-refractivity contribution < 1.29 is 22.7 Å². The highest BCUT2D eigenvalue weighted by atomic mass is 79.9. The van der Waals surface area contributed by atoms with E-state index in [2.05, 4.69) is 21.2 Å². The van der Waals surface area contributed by atoms with Crippen LogP contribution in [0.2, 0.25) is 5.02 Å². The van der Waals surface area contributed by atoms with E-state index in [1.165, 1.54) is 23.9 Å². The van der Waals surface area contributed by atoms with E-state index >= 15 is 0 Å². The topological polar surface area (TPSA) is 96.0 Å². The molecule has 0 radical (unpaired) electrons. The molecule has 3 rings (SSSR count). The smallest absolute Gasteiger partial charge is 0.242 e. The van der Waals surface area contributed by atoms with Gasteiger partial charge in [0.15, 0.2) is 0 Å². The van der Waals surface area contributed by atoms with Crippen LogP contribution in [0.4, 0.5) is 5.69 Å². The van der Waals surface area contributed by atoms with Crippen molar-refractivity contribution in [2.24, 2.45) is 0 Å². The molecule has 8 nitrogen and oxygen atoms in total. The standard InChI is InChI=1S/C28H37BrClN3O5S/c1-20(28(35)31-23-11-5-4-6-12-23)32(19-21-9-7-10-22(29)17-21)27(34)13-8-16-33(39(3,36)37)24-14-15-26(38-2)25(30)18-24/h7,9-10,14-15,17-18,20,23H,4-6,8,11-13,16,19H2,1-3H3,(H,31,35)/t20-/m0/s1. The van der Waals surface area contributed by atoms with Gasteiger partial charge in [0, 0.05) is 30.0 Å². The van der Waals surface area contributed by atoms with Crippen molar-refractivity contribution >= 4 is 55.1 Å². The number of halogens is 2. The molecule has 0 heterocycles. The van der Waals surface area contributed by atoms with E-state index in [9.17, 15) is 18.0 Å². The molecule has 0 spiro atoms. The quantitative estimate of drug-likeness (QED) is 0.329. The first-order valence-electron chi connectivity index (χ1n) is 13.1. The summed E-state index contributed by atoms with van der Waals surface area (Å²) < 4.78 is 32.4. The number of nitrogens with one attached hydrogen (secondary N) is 1. The molecule has 0 aromatic heterocycles. The second-order valence-electron chi connectivity index (χ2n) is 9.93. The lowest BCUT2D eigenvalue weighted by Crippen LogP contribution is -2.50. The van der Waals surface area contributed by atoms with E-state index in [1.54, 1.807) is 24.0 Å². The summed E-state index contributed by atoms with van der Waals surface area (Å²) >= 11 is 9.69. The minimum Gasteiger partial charge on any atom is -0.495 e. The first-order chi connectivity index (χ1) is 18.5. The van der Waals surface area contributed by atoms with Gasteiger partial charge in [-0.3, -0.25) is 13.9 Å². The summed E-state index contributed by atoms with van der Waals surface area (Å²) in [5.41, 5.74) is 1.28. The van der Waals surface area contributed by atoms with Crippen molar-refractivity contribution in [2.45, 2.75) is 70.5 Å². The zero-order chi connectivity index (χ0) is 28.6. The lowest BCUT2D eigenvalue weighted by Gasteiger charge is -2.31. The van der Waals surface area contributed by atoms with Crippen molar-refractivity contribution in [3.63, 3.8) is 0 Å². The Hall–Kier alpha value is -2.30. The van der Waals surface area contributed by atoms with E-state index in [0.717, 1.165) is 42.0 Å². The molecule has 11 heteroatoms. The molecule has 1 fully saturated rings. The highest BCUT2D eigenvalue weighted by Gasteiger charge is 2.28. The zero-order valence-corrected chi connectivity index (χ0v) is 25.8. The molecule has 0 unspecified atom stereocenters.